The van der Waals surface area contributed by atoms with Gasteiger partial charge in [0.2, 0.25) is 5.95 Å². The summed E-state index contributed by atoms with van der Waals surface area (Å²) in [7, 11) is 2.44. The predicted molar refractivity (Wildman–Crippen MR) is 162 cm³/mol. The van der Waals surface area contributed by atoms with Gasteiger partial charge in [0.25, 0.3) is 0 Å². The van der Waals surface area contributed by atoms with Gasteiger partial charge in [-0.05, 0) is 89.0 Å². The van der Waals surface area contributed by atoms with E-state index in [4.69, 9.17) is 14.7 Å². The molecule has 1 atom stereocenters. The molecule has 0 amide bonds. The lowest BCUT2D eigenvalue weighted by molar-refractivity contribution is 0.277. The summed E-state index contributed by atoms with van der Waals surface area (Å²) < 4.78 is 31.8. The summed E-state index contributed by atoms with van der Waals surface area (Å²) in [4.78, 5) is 12.0. The number of nitrogens with one attached hydrogen (secondary N) is 3. The van der Waals surface area contributed by atoms with E-state index in [0.717, 1.165) is 54.9 Å². The number of hydrogen-bond acceptors (Lipinski definition) is 9. The SMILES string of the molecule is COc1cc(C2=CCC(N(C)C)CC2)ccc1Nc1nc2c(c(Nc3ccccc3S(=O)(=O)C(C)C)n1)CCN2. The fourth-order valence-electron chi connectivity index (χ4n) is 5.20. The maximum absolute atomic E-state index is 13.0. The van der Waals surface area contributed by atoms with Gasteiger partial charge in [-0.2, -0.15) is 9.97 Å². The van der Waals surface area contributed by atoms with Crippen molar-refractivity contribution in [1.82, 2.24) is 14.9 Å². The molecule has 0 bridgehead atoms. The number of methoxy groups -OCH3 is 1. The standard InChI is InChI=1S/C30H38N6O3S/c1-19(2)40(37,38)27-9-7-6-8-25(27)32-29-23-16-17-31-28(23)34-30(35-29)33-24-15-12-21(18-26(24)39-5)20-10-13-22(14-11-20)36(3)4/h6-10,12,15,18-19,22H,11,13-14,16-17H2,1-5H3,(H3,31,32,33,34,35). The van der Waals surface area contributed by atoms with E-state index in [1.165, 1.54) is 5.57 Å². The van der Waals surface area contributed by atoms with Crippen molar-refractivity contribution in [2.75, 3.05) is 43.7 Å². The fraction of sp³-hybridized carbons (Fsp3) is 0.400. The Morgan fingerprint density at radius 3 is 2.55 bits per heavy atom. The highest BCUT2D eigenvalue weighted by Gasteiger charge is 2.25. The number of nitrogens with zero attached hydrogens (tertiary/aromatic N) is 3. The molecular weight excluding hydrogens is 524 g/mol. The lowest BCUT2D eigenvalue weighted by Gasteiger charge is -2.28. The normalized spacial score (nSPS) is 16.9. The van der Waals surface area contributed by atoms with Crippen LogP contribution in [0.2, 0.25) is 0 Å². The third kappa shape index (κ3) is 5.64. The van der Waals surface area contributed by atoms with Crippen molar-refractivity contribution in [3.63, 3.8) is 0 Å². The molecule has 2 heterocycles. The van der Waals surface area contributed by atoms with E-state index in [2.05, 4.69) is 53.2 Å². The molecule has 1 unspecified atom stereocenters. The van der Waals surface area contributed by atoms with Crippen LogP contribution in [0.1, 0.15) is 44.2 Å². The Hall–Kier alpha value is -3.63. The Morgan fingerprint density at radius 2 is 1.85 bits per heavy atom. The lowest BCUT2D eigenvalue weighted by atomic mass is 9.90. The number of allylic oxidation sites excluding steroid dienone is 1. The number of hydrogen-bond donors (Lipinski definition) is 3. The van der Waals surface area contributed by atoms with Crippen LogP contribution in [0.3, 0.4) is 0 Å². The largest absolute Gasteiger partial charge is 0.495 e. The molecule has 1 aliphatic carbocycles. The van der Waals surface area contributed by atoms with Crippen molar-refractivity contribution in [2.24, 2.45) is 0 Å². The molecule has 5 rings (SSSR count). The number of fused-ring (bicyclic) bond motifs is 1. The van der Waals surface area contributed by atoms with Crippen LogP contribution in [0.5, 0.6) is 5.75 Å². The topological polar surface area (TPSA) is 108 Å². The molecule has 1 aliphatic heterocycles. The quantitative estimate of drug-likeness (QED) is 0.306. The Balaban J connectivity index is 1.44. The second-order valence-corrected chi connectivity index (χ2v) is 13.2. The fourth-order valence-corrected chi connectivity index (χ4v) is 6.40. The molecule has 1 aromatic heterocycles. The smallest absolute Gasteiger partial charge is 0.231 e. The van der Waals surface area contributed by atoms with Crippen molar-refractivity contribution >= 4 is 44.4 Å². The molecule has 2 aromatic carbocycles. The molecule has 212 valence electrons. The summed E-state index contributed by atoms with van der Waals surface area (Å²) in [5.41, 5.74) is 4.66. The molecule has 0 saturated heterocycles. The Kier molecular flexibility index (Phi) is 8.00. The third-order valence-corrected chi connectivity index (χ3v) is 9.88. The van der Waals surface area contributed by atoms with E-state index in [9.17, 15) is 8.42 Å². The van der Waals surface area contributed by atoms with Gasteiger partial charge in [0.1, 0.15) is 17.4 Å². The Bertz CT molecular complexity index is 1530. The summed E-state index contributed by atoms with van der Waals surface area (Å²) in [5, 5.41) is 9.40. The maximum Gasteiger partial charge on any atom is 0.231 e. The number of anilines is 5. The van der Waals surface area contributed by atoms with Crippen LogP contribution >= 0.6 is 0 Å². The van der Waals surface area contributed by atoms with Crippen molar-refractivity contribution in [2.45, 2.75) is 55.7 Å². The maximum atomic E-state index is 13.0. The lowest BCUT2D eigenvalue weighted by Crippen LogP contribution is -2.28. The van der Waals surface area contributed by atoms with Gasteiger partial charge in [-0.25, -0.2) is 8.42 Å². The monoisotopic (exact) mass is 562 g/mol. The van der Waals surface area contributed by atoms with Crippen molar-refractivity contribution in [3.05, 3.63) is 59.7 Å². The second-order valence-electron chi connectivity index (χ2n) is 10.8. The van der Waals surface area contributed by atoms with Gasteiger partial charge in [0, 0.05) is 18.2 Å². The third-order valence-electron chi connectivity index (χ3n) is 7.67. The van der Waals surface area contributed by atoms with E-state index in [-0.39, 0.29) is 4.90 Å². The molecule has 0 fully saturated rings. The molecule has 3 aromatic rings. The first-order valence-corrected chi connectivity index (χ1v) is 15.3. The molecule has 9 nitrogen and oxygen atoms in total. The van der Waals surface area contributed by atoms with Gasteiger partial charge in [-0.15, -0.1) is 0 Å². The van der Waals surface area contributed by atoms with E-state index < -0.39 is 15.1 Å². The zero-order valence-electron chi connectivity index (χ0n) is 23.8. The molecule has 40 heavy (non-hydrogen) atoms. The van der Waals surface area contributed by atoms with E-state index in [1.807, 2.05) is 12.1 Å². The Morgan fingerprint density at radius 1 is 1.05 bits per heavy atom. The number of rotatable bonds is 9. The average Bonchev–Trinajstić information content (AvgIpc) is 3.42. The molecule has 3 N–H and O–H groups in total. The highest BCUT2D eigenvalue weighted by molar-refractivity contribution is 7.92. The first-order valence-electron chi connectivity index (χ1n) is 13.7. The molecule has 0 spiro atoms. The molecular formula is C30H38N6O3S. The van der Waals surface area contributed by atoms with Crippen LogP contribution in [0, 0.1) is 0 Å². The molecule has 2 aliphatic rings. The number of para-hydroxylation sites is 1. The molecule has 0 radical (unpaired) electrons. The van der Waals surface area contributed by atoms with Crippen LogP contribution in [-0.2, 0) is 16.3 Å². The molecule has 10 heteroatoms. The van der Waals surface area contributed by atoms with Gasteiger partial charge >= 0.3 is 0 Å². The highest BCUT2D eigenvalue weighted by Crippen LogP contribution is 2.37. The molecule has 0 saturated carbocycles. The summed E-state index contributed by atoms with van der Waals surface area (Å²) in [5.74, 6) is 2.38. The first-order chi connectivity index (χ1) is 19.2. The van der Waals surface area contributed by atoms with Crippen molar-refractivity contribution in [3.8, 4) is 5.75 Å². The number of sulfone groups is 1. The van der Waals surface area contributed by atoms with Crippen LogP contribution < -0.4 is 20.7 Å². The van der Waals surface area contributed by atoms with E-state index >= 15 is 0 Å². The van der Waals surface area contributed by atoms with Crippen LogP contribution in [0.25, 0.3) is 5.57 Å². The first kappa shape index (κ1) is 27.9. The number of benzene rings is 2. The average molecular weight is 563 g/mol. The highest BCUT2D eigenvalue weighted by atomic mass is 32.2. The van der Waals surface area contributed by atoms with Gasteiger partial charge in [0.15, 0.2) is 9.84 Å². The predicted octanol–water partition coefficient (Wildman–Crippen LogP) is 5.62. The van der Waals surface area contributed by atoms with E-state index in [1.54, 1.807) is 39.2 Å². The van der Waals surface area contributed by atoms with Gasteiger partial charge in [-0.1, -0.05) is 24.3 Å². The van der Waals surface area contributed by atoms with Crippen molar-refractivity contribution in [1.29, 1.82) is 0 Å². The van der Waals surface area contributed by atoms with Gasteiger partial charge < -0.3 is 25.6 Å². The Labute approximate surface area is 237 Å². The number of aromatic nitrogens is 2. The second kappa shape index (κ2) is 11.5. The van der Waals surface area contributed by atoms with Gasteiger partial charge in [0.05, 0.1) is 28.6 Å². The summed E-state index contributed by atoms with van der Waals surface area (Å²) >= 11 is 0. The van der Waals surface area contributed by atoms with Crippen LogP contribution in [-0.4, -0.2) is 62.3 Å². The van der Waals surface area contributed by atoms with Gasteiger partial charge in [-0.3, -0.25) is 0 Å². The van der Waals surface area contributed by atoms with E-state index in [0.29, 0.717) is 29.2 Å². The van der Waals surface area contributed by atoms with Crippen molar-refractivity contribution < 1.29 is 13.2 Å². The minimum absolute atomic E-state index is 0.254. The summed E-state index contributed by atoms with van der Waals surface area (Å²) in [6, 6.07) is 13.7. The van der Waals surface area contributed by atoms with Crippen LogP contribution in [0.15, 0.2) is 53.4 Å². The zero-order chi connectivity index (χ0) is 28.4. The minimum atomic E-state index is -3.49. The minimum Gasteiger partial charge on any atom is -0.495 e. The van der Waals surface area contributed by atoms with Crippen LogP contribution in [0.4, 0.5) is 29.0 Å². The zero-order valence-corrected chi connectivity index (χ0v) is 24.6. The summed E-state index contributed by atoms with van der Waals surface area (Å²) in [6.45, 7) is 4.10. The summed E-state index contributed by atoms with van der Waals surface area (Å²) in [6.07, 6.45) is 6.27. The number of ether oxygens (including phenoxy) is 1.